The molecule has 1 saturated heterocycles. The molecule has 2 heteroatoms. The molecular formula is C13H27NO. The van der Waals surface area contributed by atoms with Gasteiger partial charge in [-0.25, -0.2) is 0 Å². The van der Waals surface area contributed by atoms with Crippen molar-refractivity contribution in [3.05, 3.63) is 0 Å². The first kappa shape index (κ1) is 13.0. The summed E-state index contributed by atoms with van der Waals surface area (Å²) in [7, 11) is 0. The Balaban J connectivity index is 1.73. The van der Waals surface area contributed by atoms with Gasteiger partial charge in [-0.15, -0.1) is 0 Å². The standard InChI is InChI=1S/C13H27NO/c1-2-3-4-5-6-7-8-12-15-13-10-9-11-14-13/h13-14H,2-12H2,1H3. The van der Waals surface area contributed by atoms with E-state index in [1.54, 1.807) is 0 Å². The summed E-state index contributed by atoms with van der Waals surface area (Å²) in [5.74, 6) is 0. The molecule has 15 heavy (non-hydrogen) atoms. The molecular weight excluding hydrogens is 186 g/mol. The van der Waals surface area contributed by atoms with Crippen LogP contribution in [0.3, 0.4) is 0 Å². The molecule has 1 aliphatic rings. The highest BCUT2D eigenvalue weighted by Crippen LogP contribution is 2.09. The van der Waals surface area contributed by atoms with Gasteiger partial charge in [0.25, 0.3) is 0 Å². The molecule has 0 spiro atoms. The fourth-order valence-corrected chi connectivity index (χ4v) is 2.08. The maximum atomic E-state index is 5.72. The smallest absolute Gasteiger partial charge is 0.108 e. The molecule has 0 saturated carbocycles. The molecule has 0 aromatic rings. The third-order valence-electron chi connectivity index (χ3n) is 3.08. The zero-order valence-electron chi connectivity index (χ0n) is 10.3. The Kier molecular flexibility index (Phi) is 7.94. The minimum atomic E-state index is 0.366. The monoisotopic (exact) mass is 213 g/mol. The summed E-state index contributed by atoms with van der Waals surface area (Å²) in [6, 6.07) is 0. The number of hydrogen-bond acceptors (Lipinski definition) is 2. The quantitative estimate of drug-likeness (QED) is 0.592. The normalized spacial score (nSPS) is 21.0. The van der Waals surface area contributed by atoms with Gasteiger partial charge in [-0.05, 0) is 25.8 Å². The van der Waals surface area contributed by atoms with Gasteiger partial charge in [0, 0.05) is 6.61 Å². The first-order valence-corrected chi connectivity index (χ1v) is 6.78. The van der Waals surface area contributed by atoms with Gasteiger partial charge in [0.05, 0.1) is 0 Å². The highest BCUT2D eigenvalue weighted by atomic mass is 16.5. The molecule has 1 aliphatic heterocycles. The van der Waals surface area contributed by atoms with Crippen molar-refractivity contribution < 1.29 is 4.74 Å². The van der Waals surface area contributed by atoms with Gasteiger partial charge in [0.2, 0.25) is 0 Å². The number of rotatable bonds is 9. The minimum absolute atomic E-state index is 0.366. The lowest BCUT2D eigenvalue weighted by atomic mass is 10.1. The van der Waals surface area contributed by atoms with Crippen LogP contribution >= 0.6 is 0 Å². The van der Waals surface area contributed by atoms with Gasteiger partial charge in [0.1, 0.15) is 6.23 Å². The summed E-state index contributed by atoms with van der Waals surface area (Å²) in [5.41, 5.74) is 0. The van der Waals surface area contributed by atoms with Crippen LogP contribution in [0.4, 0.5) is 0 Å². The van der Waals surface area contributed by atoms with Crippen LogP contribution in [0.25, 0.3) is 0 Å². The second kappa shape index (κ2) is 9.17. The molecule has 90 valence electrons. The van der Waals surface area contributed by atoms with Crippen molar-refractivity contribution in [2.24, 2.45) is 0 Å². The van der Waals surface area contributed by atoms with E-state index in [1.165, 1.54) is 57.8 Å². The number of unbranched alkanes of at least 4 members (excludes halogenated alkanes) is 6. The Morgan fingerprint density at radius 2 is 1.80 bits per heavy atom. The molecule has 2 nitrogen and oxygen atoms in total. The second-order valence-corrected chi connectivity index (χ2v) is 4.58. The number of hydrogen-bond donors (Lipinski definition) is 1. The van der Waals surface area contributed by atoms with E-state index in [2.05, 4.69) is 12.2 Å². The van der Waals surface area contributed by atoms with Crippen molar-refractivity contribution in [2.75, 3.05) is 13.2 Å². The predicted molar refractivity (Wildman–Crippen MR) is 65.0 cm³/mol. The third kappa shape index (κ3) is 6.91. The average Bonchev–Trinajstić information content (AvgIpc) is 2.75. The van der Waals surface area contributed by atoms with Crippen LogP contribution in [-0.4, -0.2) is 19.4 Å². The maximum Gasteiger partial charge on any atom is 0.108 e. The Hall–Kier alpha value is -0.0800. The SMILES string of the molecule is CCCCCCCCCOC1CCCN1. The van der Waals surface area contributed by atoms with Crippen LogP contribution in [0, 0.1) is 0 Å². The highest BCUT2D eigenvalue weighted by Gasteiger charge is 2.12. The Bertz CT molecular complexity index is 132. The van der Waals surface area contributed by atoms with Gasteiger partial charge in [-0.1, -0.05) is 45.4 Å². The highest BCUT2D eigenvalue weighted by molar-refractivity contribution is 4.64. The number of nitrogens with one attached hydrogen (secondary N) is 1. The Morgan fingerprint density at radius 1 is 1.07 bits per heavy atom. The van der Waals surface area contributed by atoms with Crippen LogP contribution in [0.15, 0.2) is 0 Å². The van der Waals surface area contributed by atoms with E-state index in [0.717, 1.165) is 13.2 Å². The average molecular weight is 213 g/mol. The fourth-order valence-electron chi connectivity index (χ4n) is 2.08. The van der Waals surface area contributed by atoms with Crippen molar-refractivity contribution in [3.8, 4) is 0 Å². The fraction of sp³-hybridized carbons (Fsp3) is 1.00. The summed E-state index contributed by atoms with van der Waals surface area (Å²) in [5, 5.41) is 3.35. The van der Waals surface area contributed by atoms with Crippen molar-refractivity contribution in [3.63, 3.8) is 0 Å². The zero-order chi connectivity index (χ0) is 10.8. The topological polar surface area (TPSA) is 21.3 Å². The first-order valence-electron chi connectivity index (χ1n) is 6.78. The minimum Gasteiger partial charge on any atom is -0.363 e. The molecule has 1 unspecified atom stereocenters. The summed E-state index contributed by atoms with van der Waals surface area (Å²) in [4.78, 5) is 0. The van der Waals surface area contributed by atoms with Crippen LogP contribution in [-0.2, 0) is 4.74 Å². The van der Waals surface area contributed by atoms with Gasteiger partial charge in [-0.3, -0.25) is 5.32 Å². The van der Waals surface area contributed by atoms with Gasteiger partial charge in [-0.2, -0.15) is 0 Å². The van der Waals surface area contributed by atoms with Crippen LogP contribution in [0.5, 0.6) is 0 Å². The van der Waals surface area contributed by atoms with E-state index in [4.69, 9.17) is 4.74 Å². The summed E-state index contributed by atoms with van der Waals surface area (Å²) in [6.07, 6.45) is 12.4. The van der Waals surface area contributed by atoms with Crippen molar-refractivity contribution >= 4 is 0 Å². The van der Waals surface area contributed by atoms with E-state index in [0.29, 0.717) is 6.23 Å². The summed E-state index contributed by atoms with van der Waals surface area (Å²) < 4.78 is 5.72. The lowest BCUT2D eigenvalue weighted by Crippen LogP contribution is -2.24. The molecule has 1 fully saturated rings. The molecule has 0 aromatic heterocycles. The first-order chi connectivity index (χ1) is 7.43. The van der Waals surface area contributed by atoms with Gasteiger partial charge >= 0.3 is 0 Å². The molecule has 0 aromatic carbocycles. The van der Waals surface area contributed by atoms with E-state index in [9.17, 15) is 0 Å². The molecule has 0 bridgehead atoms. The third-order valence-corrected chi connectivity index (χ3v) is 3.08. The Morgan fingerprint density at radius 3 is 2.47 bits per heavy atom. The van der Waals surface area contributed by atoms with Crippen LogP contribution < -0.4 is 5.32 Å². The summed E-state index contributed by atoms with van der Waals surface area (Å²) in [6.45, 7) is 4.36. The van der Waals surface area contributed by atoms with Gasteiger partial charge in [0.15, 0.2) is 0 Å². The van der Waals surface area contributed by atoms with E-state index in [1.807, 2.05) is 0 Å². The van der Waals surface area contributed by atoms with Crippen LogP contribution in [0.2, 0.25) is 0 Å². The second-order valence-electron chi connectivity index (χ2n) is 4.58. The van der Waals surface area contributed by atoms with Crippen molar-refractivity contribution in [1.29, 1.82) is 0 Å². The van der Waals surface area contributed by atoms with E-state index >= 15 is 0 Å². The van der Waals surface area contributed by atoms with E-state index < -0.39 is 0 Å². The molecule has 1 heterocycles. The van der Waals surface area contributed by atoms with Crippen molar-refractivity contribution in [2.45, 2.75) is 70.9 Å². The molecule has 1 N–H and O–H groups in total. The molecule has 0 aliphatic carbocycles. The van der Waals surface area contributed by atoms with Gasteiger partial charge < -0.3 is 4.74 Å². The zero-order valence-corrected chi connectivity index (χ0v) is 10.3. The molecule has 1 rings (SSSR count). The molecule has 0 radical (unpaired) electrons. The number of ether oxygens (including phenoxy) is 1. The largest absolute Gasteiger partial charge is 0.363 e. The van der Waals surface area contributed by atoms with E-state index in [-0.39, 0.29) is 0 Å². The maximum absolute atomic E-state index is 5.72. The van der Waals surface area contributed by atoms with Crippen molar-refractivity contribution in [1.82, 2.24) is 5.32 Å². The molecule has 1 atom stereocenters. The predicted octanol–water partition coefficient (Wildman–Crippen LogP) is 3.46. The van der Waals surface area contributed by atoms with Crippen LogP contribution in [0.1, 0.15) is 64.7 Å². The molecule has 0 amide bonds. The summed E-state index contributed by atoms with van der Waals surface area (Å²) >= 11 is 0. The lowest BCUT2D eigenvalue weighted by Gasteiger charge is -2.11. The Labute approximate surface area is 94.8 Å². The lowest BCUT2D eigenvalue weighted by molar-refractivity contribution is 0.0410.